The van der Waals surface area contributed by atoms with Gasteiger partial charge in [-0.05, 0) is 43.4 Å². The average molecular weight is 220 g/mol. The van der Waals surface area contributed by atoms with E-state index < -0.39 is 0 Å². The van der Waals surface area contributed by atoms with E-state index in [1.54, 1.807) is 0 Å². The van der Waals surface area contributed by atoms with Crippen LogP contribution < -0.4 is 16.2 Å². The number of rotatable bonds is 4. The summed E-state index contributed by atoms with van der Waals surface area (Å²) in [6.45, 7) is 0.465. The fourth-order valence-electron chi connectivity index (χ4n) is 2.15. The van der Waals surface area contributed by atoms with Gasteiger partial charge in [-0.3, -0.25) is 0 Å². The molecule has 0 amide bonds. The van der Waals surface area contributed by atoms with Crippen molar-refractivity contribution in [1.82, 2.24) is 0 Å². The van der Waals surface area contributed by atoms with Crippen molar-refractivity contribution in [2.45, 2.75) is 37.8 Å². The van der Waals surface area contributed by atoms with Crippen molar-refractivity contribution in [2.75, 3.05) is 6.54 Å². The summed E-state index contributed by atoms with van der Waals surface area (Å²) >= 11 is 0. The second kappa shape index (κ2) is 5.32. The fraction of sp³-hybridized carbons (Fsp3) is 0.538. The highest BCUT2D eigenvalue weighted by molar-refractivity contribution is 5.30. The molecule has 4 N–H and O–H groups in total. The summed E-state index contributed by atoms with van der Waals surface area (Å²) in [4.78, 5) is 0. The lowest BCUT2D eigenvalue weighted by molar-refractivity contribution is 0.210. The molecule has 0 spiro atoms. The Morgan fingerprint density at radius 1 is 1.31 bits per heavy atom. The minimum Gasteiger partial charge on any atom is -0.490 e. The lowest BCUT2D eigenvalue weighted by atomic mass is 10.1. The van der Waals surface area contributed by atoms with Crippen LogP contribution in [0.2, 0.25) is 0 Å². The minimum absolute atomic E-state index is 0.0906. The van der Waals surface area contributed by atoms with Crippen molar-refractivity contribution in [3.05, 3.63) is 29.8 Å². The maximum absolute atomic E-state index is 5.91. The van der Waals surface area contributed by atoms with Crippen LogP contribution in [0.4, 0.5) is 0 Å². The summed E-state index contributed by atoms with van der Waals surface area (Å²) in [7, 11) is 0. The molecule has 3 nitrogen and oxygen atoms in total. The minimum atomic E-state index is -0.0906. The second-order valence-electron chi connectivity index (χ2n) is 4.44. The molecule has 3 heteroatoms. The number of ether oxygens (including phenoxy) is 1. The van der Waals surface area contributed by atoms with Gasteiger partial charge in [-0.2, -0.15) is 0 Å². The molecule has 0 heterocycles. The largest absolute Gasteiger partial charge is 0.490 e. The van der Waals surface area contributed by atoms with Gasteiger partial charge in [0, 0.05) is 12.6 Å². The summed E-state index contributed by atoms with van der Waals surface area (Å²) in [6.07, 6.45) is 5.31. The highest BCUT2D eigenvalue weighted by Gasteiger charge is 2.16. The van der Waals surface area contributed by atoms with Crippen LogP contribution in [0.3, 0.4) is 0 Å². The third-order valence-corrected chi connectivity index (χ3v) is 3.15. The molecule has 0 aliphatic heterocycles. The first kappa shape index (κ1) is 11.4. The highest BCUT2D eigenvalue weighted by Crippen LogP contribution is 2.25. The first-order valence-corrected chi connectivity index (χ1v) is 6.02. The average Bonchev–Trinajstić information content (AvgIpc) is 2.81. The number of benzene rings is 1. The van der Waals surface area contributed by atoms with Gasteiger partial charge < -0.3 is 16.2 Å². The molecule has 0 radical (unpaired) electrons. The molecule has 16 heavy (non-hydrogen) atoms. The lowest BCUT2D eigenvalue weighted by Crippen LogP contribution is -2.20. The molecule has 2 rings (SSSR count). The summed E-state index contributed by atoms with van der Waals surface area (Å²) in [6, 6.07) is 7.89. The van der Waals surface area contributed by atoms with E-state index in [1.807, 2.05) is 24.3 Å². The molecule has 1 atom stereocenters. The van der Waals surface area contributed by atoms with E-state index in [9.17, 15) is 0 Å². The Balaban J connectivity index is 2.03. The molecule has 88 valence electrons. The Hall–Kier alpha value is -1.06. The summed E-state index contributed by atoms with van der Waals surface area (Å²) in [5.41, 5.74) is 12.5. The Morgan fingerprint density at radius 2 is 2.06 bits per heavy atom. The van der Waals surface area contributed by atoms with E-state index in [-0.39, 0.29) is 6.04 Å². The molecule has 1 aromatic carbocycles. The topological polar surface area (TPSA) is 61.3 Å². The van der Waals surface area contributed by atoms with Crippen LogP contribution in [0, 0.1) is 0 Å². The van der Waals surface area contributed by atoms with Gasteiger partial charge in [0.05, 0.1) is 6.10 Å². The molecular formula is C13H20N2O. The SMILES string of the molecule is NC[C@H](N)c1cccc(OC2CCCC2)c1. The van der Waals surface area contributed by atoms with Crippen LogP contribution in [-0.2, 0) is 0 Å². The maximum atomic E-state index is 5.91. The molecule has 0 saturated heterocycles. The Bertz CT molecular complexity index is 334. The zero-order valence-electron chi connectivity index (χ0n) is 9.56. The fourth-order valence-corrected chi connectivity index (χ4v) is 2.15. The van der Waals surface area contributed by atoms with Crippen LogP contribution >= 0.6 is 0 Å². The van der Waals surface area contributed by atoms with Crippen molar-refractivity contribution in [2.24, 2.45) is 11.5 Å². The molecule has 1 aromatic rings. The summed E-state index contributed by atoms with van der Waals surface area (Å²) in [5.74, 6) is 0.924. The molecule has 1 aliphatic rings. The predicted octanol–water partition coefficient (Wildman–Crippen LogP) is 1.97. The first-order valence-electron chi connectivity index (χ1n) is 6.02. The Morgan fingerprint density at radius 3 is 2.75 bits per heavy atom. The van der Waals surface area contributed by atoms with Gasteiger partial charge in [-0.1, -0.05) is 12.1 Å². The van der Waals surface area contributed by atoms with E-state index >= 15 is 0 Å². The van der Waals surface area contributed by atoms with E-state index in [1.165, 1.54) is 25.7 Å². The quantitative estimate of drug-likeness (QED) is 0.815. The van der Waals surface area contributed by atoms with Gasteiger partial charge in [0.15, 0.2) is 0 Å². The van der Waals surface area contributed by atoms with Crippen molar-refractivity contribution in [3.63, 3.8) is 0 Å². The molecule has 0 aromatic heterocycles. The van der Waals surface area contributed by atoms with Crippen molar-refractivity contribution in [3.8, 4) is 5.75 Å². The molecule has 0 bridgehead atoms. The Kier molecular flexibility index (Phi) is 3.80. The van der Waals surface area contributed by atoms with Crippen LogP contribution in [0.25, 0.3) is 0 Å². The molecular weight excluding hydrogens is 200 g/mol. The lowest BCUT2D eigenvalue weighted by Gasteiger charge is -2.15. The van der Waals surface area contributed by atoms with Gasteiger partial charge in [0.1, 0.15) is 5.75 Å². The molecule has 0 unspecified atom stereocenters. The first-order chi connectivity index (χ1) is 7.79. The maximum Gasteiger partial charge on any atom is 0.120 e. The Labute approximate surface area is 96.8 Å². The van der Waals surface area contributed by atoms with Gasteiger partial charge in [-0.15, -0.1) is 0 Å². The third-order valence-electron chi connectivity index (χ3n) is 3.15. The zero-order chi connectivity index (χ0) is 11.4. The summed E-state index contributed by atoms with van der Waals surface area (Å²) < 4.78 is 5.91. The predicted molar refractivity (Wildman–Crippen MR) is 65.3 cm³/mol. The molecule has 1 aliphatic carbocycles. The zero-order valence-corrected chi connectivity index (χ0v) is 9.56. The normalized spacial score (nSPS) is 18.6. The van der Waals surface area contributed by atoms with Crippen molar-refractivity contribution >= 4 is 0 Å². The van der Waals surface area contributed by atoms with Crippen molar-refractivity contribution < 1.29 is 4.74 Å². The van der Waals surface area contributed by atoms with Gasteiger partial charge in [-0.25, -0.2) is 0 Å². The van der Waals surface area contributed by atoms with Crippen LogP contribution in [-0.4, -0.2) is 12.6 Å². The van der Waals surface area contributed by atoms with Crippen LogP contribution in [0.5, 0.6) is 5.75 Å². The second-order valence-corrected chi connectivity index (χ2v) is 4.44. The standard InChI is InChI=1S/C13H20N2O/c14-9-13(15)10-4-3-7-12(8-10)16-11-5-1-2-6-11/h3-4,7-8,11,13H,1-2,5-6,9,14-15H2/t13-/m0/s1. The van der Waals surface area contributed by atoms with E-state index in [0.29, 0.717) is 12.6 Å². The van der Waals surface area contributed by atoms with E-state index in [4.69, 9.17) is 16.2 Å². The summed E-state index contributed by atoms with van der Waals surface area (Å²) in [5, 5.41) is 0. The molecule has 1 saturated carbocycles. The van der Waals surface area contributed by atoms with Gasteiger partial charge in [0.2, 0.25) is 0 Å². The third kappa shape index (κ3) is 2.74. The number of hydrogen-bond acceptors (Lipinski definition) is 3. The smallest absolute Gasteiger partial charge is 0.120 e. The van der Waals surface area contributed by atoms with Gasteiger partial charge >= 0.3 is 0 Å². The van der Waals surface area contributed by atoms with Crippen molar-refractivity contribution in [1.29, 1.82) is 0 Å². The molecule has 1 fully saturated rings. The van der Waals surface area contributed by atoms with E-state index in [0.717, 1.165) is 11.3 Å². The number of hydrogen-bond donors (Lipinski definition) is 2. The van der Waals surface area contributed by atoms with Crippen LogP contribution in [0.1, 0.15) is 37.3 Å². The monoisotopic (exact) mass is 220 g/mol. The van der Waals surface area contributed by atoms with Gasteiger partial charge in [0.25, 0.3) is 0 Å². The van der Waals surface area contributed by atoms with Crippen LogP contribution in [0.15, 0.2) is 24.3 Å². The highest BCUT2D eigenvalue weighted by atomic mass is 16.5. The number of nitrogens with two attached hydrogens (primary N) is 2. The van der Waals surface area contributed by atoms with E-state index in [2.05, 4.69) is 0 Å².